The molecule has 0 saturated carbocycles. The van der Waals surface area contributed by atoms with E-state index in [1.54, 1.807) is 37.3 Å². The lowest BCUT2D eigenvalue weighted by Gasteiger charge is -2.13. The molecule has 0 aliphatic carbocycles. The Bertz CT molecular complexity index is 1350. The number of thioether (sulfide) groups is 1. The van der Waals surface area contributed by atoms with Crippen molar-refractivity contribution in [1.29, 1.82) is 0 Å². The van der Waals surface area contributed by atoms with Crippen LogP contribution < -0.4 is 10.6 Å². The number of carbonyl (C=O) groups excluding carboxylic acids is 2. The summed E-state index contributed by atoms with van der Waals surface area (Å²) in [6.07, 6.45) is 0. The summed E-state index contributed by atoms with van der Waals surface area (Å²) >= 11 is 1.24. The van der Waals surface area contributed by atoms with Crippen LogP contribution in [-0.2, 0) is 4.79 Å². The highest BCUT2D eigenvalue weighted by Crippen LogP contribution is 2.26. The highest BCUT2D eigenvalue weighted by molar-refractivity contribution is 8.00. The normalized spacial score (nSPS) is 11.2. The van der Waals surface area contributed by atoms with Crippen LogP contribution in [0.5, 0.6) is 0 Å². The van der Waals surface area contributed by atoms with Gasteiger partial charge in [-0.3, -0.25) is 9.59 Å². The molecule has 0 aliphatic rings. The van der Waals surface area contributed by atoms with Crippen molar-refractivity contribution < 1.29 is 39.3 Å². The lowest BCUT2D eigenvalue weighted by molar-refractivity contribution is -0.115. The van der Waals surface area contributed by atoms with E-state index in [0.717, 1.165) is 18.2 Å². The van der Waals surface area contributed by atoms with Gasteiger partial charge in [0.1, 0.15) is 0 Å². The van der Waals surface area contributed by atoms with E-state index in [1.165, 1.54) is 30.0 Å². The van der Waals surface area contributed by atoms with Crippen LogP contribution in [0.15, 0.2) is 71.6 Å². The average Bonchev–Trinajstić information content (AvgIpc) is 2.84. The van der Waals surface area contributed by atoms with Crippen LogP contribution in [-0.4, -0.2) is 50.3 Å². The number of hydrogen-bond donors (Lipinski definition) is 5. The summed E-state index contributed by atoms with van der Waals surface area (Å²) in [5, 5.41) is 32.2. The molecule has 1 atom stereocenters. The fourth-order valence-electron chi connectivity index (χ4n) is 3.10. The molecule has 0 aliphatic heterocycles. The highest BCUT2D eigenvalue weighted by atomic mass is 32.2. The van der Waals surface area contributed by atoms with Gasteiger partial charge in [0.15, 0.2) is 0 Å². The van der Waals surface area contributed by atoms with Gasteiger partial charge in [0.25, 0.3) is 5.91 Å². The summed E-state index contributed by atoms with van der Waals surface area (Å²) in [7, 11) is 0. The SMILES string of the molecule is CC(Sc1ccc(NC(=O)c2ccc(C(=O)O)cc2C(=O)O)cc1)C(=O)Nc1cccc(C(=O)O)c1. The third-order valence-electron chi connectivity index (χ3n) is 4.91. The first-order valence-corrected chi connectivity index (χ1v) is 11.3. The number of carboxylic acid groups (broad SMARTS) is 3. The summed E-state index contributed by atoms with van der Waals surface area (Å²) in [6.45, 7) is 1.69. The minimum absolute atomic E-state index is 0.0547. The number of carboxylic acids is 3. The molecule has 0 saturated heterocycles. The summed E-state index contributed by atoms with van der Waals surface area (Å²) in [5.74, 6) is -4.89. The molecule has 3 aromatic carbocycles. The van der Waals surface area contributed by atoms with Gasteiger partial charge in [0.05, 0.1) is 27.5 Å². The summed E-state index contributed by atoms with van der Waals surface area (Å²) < 4.78 is 0. The van der Waals surface area contributed by atoms with E-state index in [9.17, 15) is 29.1 Å². The fraction of sp³-hybridized carbons (Fsp3) is 0.0800. The summed E-state index contributed by atoms with van der Waals surface area (Å²) in [5.41, 5.74) is -0.0956. The Morgan fingerprint density at radius 1 is 0.694 bits per heavy atom. The molecule has 184 valence electrons. The Morgan fingerprint density at radius 2 is 1.33 bits per heavy atom. The van der Waals surface area contributed by atoms with E-state index in [1.807, 2.05) is 0 Å². The van der Waals surface area contributed by atoms with Gasteiger partial charge >= 0.3 is 17.9 Å². The first kappa shape index (κ1) is 26.0. The molecule has 0 heterocycles. The zero-order valence-electron chi connectivity index (χ0n) is 18.7. The molecule has 0 fully saturated rings. The molecule has 0 spiro atoms. The maximum Gasteiger partial charge on any atom is 0.336 e. The molecular formula is C25H20N2O8S. The zero-order valence-corrected chi connectivity index (χ0v) is 19.5. The van der Waals surface area contributed by atoms with Crippen molar-refractivity contribution in [2.75, 3.05) is 10.6 Å². The predicted octanol–water partition coefficient (Wildman–Crippen LogP) is 4.15. The van der Waals surface area contributed by atoms with Crippen molar-refractivity contribution in [3.8, 4) is 0 Å². The molecule has 3 aromatic rings. The Labute approximate surface area is 209 Å². The highest BCUT2D eigenvalue weighted by Gasteiger charge is 2.20. The third-order valence-corrected chi connectivity index (χ3v) is 6.02. The molecule has 0 bridgehead atoms. The lowest BCUT2D eigenvalue weighted by Crippen LogP contribution is -2.22. The molecule has 1 unspecified atom stereocenters. The van der Waals surface area contributed by atoms with Gasteiger partial charge in [-0.25, -0.2) is 14.4 Å². The molecule has 0 radical (unpaired) electrons. The number of anilines is 2. The van der Waals surface area contributed by atoms with Crippen LogP contribution in [0.1, 0.15) is 48.4 Å². The molecular weight excluding hydrogens is 488 g/mol. The Balaban J connectivity index is 1.64. The lowest BCUT2D eigenvalue weighted by atomic mass is 10.0. The molecule has 0 aromatic heterocycles. The number of benzene rings is 3. The monoisotopic (exact) mass is 508 g/mol. The predicted molar refractivity (Wildman–Crippen MR) is 132 cm³/mol. The van der Waals surface area contributed by atoms with Crippen LogP contribution >= 0.6 is 11.8 Å². The third kappa shape index (κ3) is 6.48. The second-order valence-electron chi connectivity index (χ2n) is 7.48. The minimum atomic E-state index is -1.43. The quantitative estimate of drug-likeness (QED) is 0.266. The first-order chi connectivity index (χ1) is 17.0. The largest absolute Gasteiger partial charge is 0.478 e. The number of hydrogen-bond acceptors (Lipinski definition) is 6. The van der Waals surface area contributed by atoms with Crippen molar-refractivity contribution in [3.63, 3.8) is 0 Å². The number of carbonyl (C=O) groups is 5. The summed E-state index contributed by atoms with van der Waals surface area (Å²) in [4.78, 5) is 59.5. The van der Waals surface area contributed by atoms with Crippen molar-refractivity contribution >= 4 is 52.9 Å². The molecule has 10 nitrogen and oxygen atoms in total. The van der Waals surface area contributed by atoms with Crippen molar-refractivity contribution in [2.45, 2.75) is 17.1 Å². The topological polar surface area (TPSA) is 170 Å². The van der Waals surface area contributed by atoms with Crippen LogP contribution in [0.3, 0.4) is 0 Å². The number of rotatable bonds is 9. The number of nitrogens with one attached hydrogen (secondary N) is 2. The molecule has 2 amide bonds. The minimum Gasteiger partial charge on any atom is -0.478 e. The number of amides is 2. The van der Waals surface area contributed by atoms with Gasteiger partial charge in [-0.05, 0) is 67.6 Å². The van der Waals surface area contributed by atoms with Crippen LogP contribution in [0.2, 0.25) is 0 Å². The standard InChI is InChI=1S/C25H20N2O8S/c1-13(21(28)27-17-4-2-3-14(11-17)23(30)31)36-18-8-6-16(7-9-18)26-22(29)19-10-5-15(24(32)33)12-20(19)25(34)35/h2-13H,1H3,(H,26,29)(H,27,28)(H,30,31)(H,32,33)(H,34,35). The van der Waals surface area contributed by atoms with E-state index in [-0.39, 0.29) is 22.6 Å². The van der Waals surface area contributed by atoms with Crippen molar-refractivity contribution in [1.82, 2.24) is 0 Å². The Morgan fingerprint density at radius 3 is 1.94 bits per heavy atom. The van der Waals surface area contributed by atoms with E-state index in [4.69, 9.17) is 10.2 Å². The Kier molecular flexibility index (Phi) is 8.07. The van der Waals surface area contributed by atoms with Gasteiger partial charge < -0.3 is 26.0 Å². The van der Waals surface area contributed by atoms with Crippen molar-refractivity contribution in [2.24, 2.45) is 0 Å². The van der Waals surface area contributed by atoms with Crippen LogP contribution in [0.4, 0.5) is 11.4 Å². The smallest absolute Gasteiger partial charge is 0.336 e. The molecule has 11 heteroatoms. The van der Waals surface area contributed by atoms with Crippen molar-refractivity contribution in [3.05, 3.63) is 89.0 Å². The van der Waals surface area contributed by atoms with Gasteiger partial charge in [-0.15, -0.1) is 11.8 Å². The maximum absolute atomic E-state index is 12.6. The second-order valence-corrected chi connectivity index (χ2v) is 8.90. The van der Waals surface area contributed by atoms with E-state index < -0.39 is 34.6 Å². The van der Waals surface area contributed by atoms with Crippen LogP contribution in [0.25, 0.3) is 0 Å². The number of aromatic carboxylic acids is 3. The van der Waals surface area contributed by atoms with Gasteiger partial charge in [-0.2, -0.15) is 0 Å². The first-order valence-electron chi connectivity index (χ1n) is 10.4. The molecule has 5 N–H and O–H groups in total. The fourth-order valence-corrected chi connectivity index (χ4v) is 3.97. The van der Waals surface area contributed by atoms with Gasteiger partial charge in [0.2, 0.25) is 5.91 Å². The van der Waals surface area contributed by atoms with E-state index in [0.29, 0.717) is 16.3 Å². The maximum atomic E-state index is 12.6. The molecule has 36 heavy (non-hydrogen) atoms. The molecule has 3 rings (SSSR count). The average molecular weight is 509 g/mol. The summed E-state index contributed by atoms with van der Waals surface area (Å²) in [6, 6.07) is 15.6. The van der Waals surface area contributed by atoms with E-state index in [2.05, 4.69) is 10.6 Å². The van der Waals surface area contributed by atoms with Crippen LogP contribution in [0, 0.1) is 0 Å². The van der Waals surface area contributed by atoms with E-state index >= 15 is 0 Å². The van der Waals surface area contributed by atoms with Gasteiger partial charge in [0, 0.05) is 16.3 Å². The Hall–Kier alpha value is -4.64. The second kappa shape index (κ2) is 11.2. The zero-order chi connectivity index (χ0) is 26.4. The van der Waals surface area contributed by atoms with Gasteiger partial charge in [-0.1, -0.05) is 6.07 Å².